The summed E-state index contributed by atoms with van der Waals surface area (Å²) in [5, 5.41) is 9.03. The molecule has 2 aromatic rings. The third-order valence-electron chi connectivity index (χ3n) is 4.50. The van der Waals surface area contributed by atoms with Gasteiger partial charge in [0.05, 0.1) is 42.5 Å². The van der Waals surface area contributed by atoms with E-state index in [0.29, 0.717) is 28.8 Å². The van der Waals surface area contributed by atoms with Crippen LogP contribution in [0.5, 0.6) is 5.75 Å². The molecule has 1 aromatic heterocycles. The average Bonchev–Trinajstić information content (AvgIpc) is 3.22. The number of aromatic nitrogens is 2. The first-order valence-electron chi connectivity index (χ1n) is 10.1. The standard InChI is InChI=1S/C21H24N4O7S/c1-4-30-20(27)18-15(9-31-17(26)11-33-10-16-22-12(2)32-25-16)23-21(28)24-19(18)13-5-7-14(29-3)8-6-13/h5-8,19H,4,9-11H2,1-3H3,(H2,23,24,28)/t19-/m0/s1. The Morgan fingerprint density at radius 2 is 1.97 bits per heavy atom. The fraction of sp³-hybridized carbons (Fsp3) is 0.381. The maximum Gasteiger partial charge on any atom is 0.338 e. The summed E-state index contributed by atoms with van der Waals surface area (Å²) in [7, 11) is 1.54. The van der Waals surface area contributed by atoms with E-state index in [1.807, 2.05) is 0 Å². The van der Waals surface area contributed by atoms with Crippen LogP contribution >= 0.6 is 11.8 Å². The van der Waals surface area contributed by atoms with Crippen LogP contribution in [0, 0.1) is 6.92 Å². The molecule has 0 saturated heterocycles. The second kappa shape index (κ2) is 11.4. The van der Waals surface area contributed by atoms with Gasteiger partial charge in [-0.25, -0.2) is 9.59 Å². The number of nitrogens with zero attached hydrogens (tertiary/aromatic N) is 2. The average molecular weight is 477 g/mol. The number of hydrogen-bond donors (Lipinski definition) is 2. The number of amides is 2. The molecule has 2 heterocycles. The lowest BCUT2D eigenvalue weighted by atomic mass is 9.95. The smallest absolute Gasteiger partial charge is 0.338 e. The molecule has 33 heavy (non-hydrogen) atoms. The Kier molecular flexibility index (Phi) is 8.30. The summed E-state index contributed by atoms with van der Waals surface area (Å²) < 4.78 is 20.5. The zero-order valence-corrected chi connectivity index (χ0v) is 19.2. The second-order valence-electron chi connectivity index (χ2n) is 6.80. The summed E-state index contributed by atoms with van der Waals surface area (Å²) in [6, 6.07) is 5.58. The van der Waals surface area contributed by atoms with Gasteiger partial charge in [0.25, 0.3) is 0 Å². The lowest BCUT2D eigenvalue weighted by Crippen LogP contribution is -2.47. The molecule has 1 aliphatic rings. The number of hydrogen-bond acceptors (Lipinski definition) is 10. The molecule has 0 saturated carbocycles. The molecule has 12 heteroatoms. The van der Waals surface area contributed by atoms with E-state index in [2.05, 4.69) is 20.8 Å². The maximum absolute atomic E-state index is 12.7. The van der Waals surface area contributed by atoms with Crippen molar-refractivity contribution >= 4 is 29.7 Å². The number of aryl methyl sites for hydroxylation is 1. The van der Waals surface area contributed by atoms with Crippen molar-refractivity contribution in [2.75, 3.05) is 26.1 Å². The number of esters is 2. The number of thioether (sulfide) groups is 1. The predicted molar refractivity (Wildman–Crippen MR) is 117 cm³/mol. The Labute approximate surface area is 194 Å². The molecular weight excluding hydrogens is 452 g/mol. The van der Waals surface area contributed by atoms with Gasteiger partial charge < -0.3 is 29.4 Å². The summed E-state index contributed by atoms with van der Waals surface area (Å²) in [5.41, 5.74) is 0.956. The lowest BCUT2D eigenvalue weighted by molar-refractivity contribution is -0.141. The number of carbonyl (C=O) groups is 3. The van der Waals surface area contributed by atoms with Gasteiger partial charge in [0.1, 0.15) is 12.4 Å². The molecule has 0 spiro atoms. The van der Waals surface area contributed by atoms with E-state index >= 15 is 0 Å². The van der Waals surface area contributed by atoms with Crippen LogP contribution in [0.2, 0.25) is 0 Å². The second-order valence-corrected chi connectivity index (χ2v) is 7.79. The van der Waals surface area contributed by atoms with Gasteiger partial charge in [-0.15, -0.1) is 11.8 Å². The predicted octanol–water partition coefficient (Wildman–Crippen LogP) is 2.03. The van der Waals surface area contributed by atoms with Crippen molar-refractivity contribution in [3.63, 3.8) is 0 Å². The van der Waals surface area contributed by atoms with Gasteiger partial charge >= 0.3 is 18.0 Å². The van der Waals surface area contributed by atoms with Gasteiger partial charge in [0.15, 0.2) is 5.82 Å². The van der Waals surface area contributed by atoms with Crippen LogP contribution < -0.4 is 15.4 Å². The third-order valence-corrected chi connectivity index (χ3v) is 5.40. The van der Waals surface area contributed by atoms with Crippen molar-refractivity contribution < 1.29 is 33.1 Å². The molecule has 0 aliphatic carbocycles. The van der Waals surface area contributed by atoms with Crippen LogP contribution in [0.4, 0.5) is 4.79 Å². The maximum atomic E-state index is 12.7. The van der Waals surface area contributed by atoms with Gasteiger partial charge in [-0.1, -0.05) is 17.3 Å². The molecule has 0 unspecified atom stereocenters. The number of methoxy groups -OCH3 is 1. The summed E-state index contributed by atoms with van der Waals surface area (Å²) in [6.07, 6.45) is 0. The summed E-state index contributed by atoms with van der Waals surface area (Å²) >= 11 is 1.25. The first-order chi connectivity index (χ1) is 15.9. The summed E-state index contributed by atoms with van der Waals surface area (Å²) in [4.78, 5) is 41.3. The fourth-order valence-electron chi connectivity index (χ4n) is 3.05. The lowest BCUT2D eigenvalue weighted by Gasteiger charge is -2.29. The Hall–Kier alpha value is -3.54. The van der Waals surface area contributed by atoms with Crippen molar-refractivity contribution in [3.8, 4) is 5.75 Å². The Morgan fingerprint density at radius 3 is 2.61 bits per heavy atom. The minimum absolute atomic E-state index is 0.0315. The quantitative estimate of drug-likeness (QED) is 0.489. The molecule has 176 valence electrons. The van der Waals surface area contributed by atoms with E-state index in [0.717, 1.165) is 0 Å². The molecule has 0 bridgehead atoms. The van der Waals surface area contributed by atoms with Crippen LogP contribution in [-0.4, -0.2) is 54.2 Å². The Balaban J connectivity index is 1.72. The number of ether oxygens (including phenoxy) is 3. The van der Waals surface area contributed by atoms with Crippen LogP contribution in [0.1, 0.15) is 30.2 Å². The fourth-order valence-corrected chi connectivity index (χ4v) is 3.70. The Bertz CT molecular complexity index is 1040. The SMILES string of the molecule is CCOC(=O)C1=C(COC(=O)CSCc2noc(C)n2)NC(=O)N[C@H]1c1ccc(OC)cc1. The first kappa shape index (κ1) is 24.1. The van der Waals surface area contributed by atoms with E-state index in [9.17, 15) is 14.4 Å². The van der Waals surface area contributed by atoms with Crippen molar-refractivity contribution in [3.05, 3.63) is 52.8 Å². The van der Waals surface area contributed by atoms with Crippen LogP contribution in [0.15, 0.2) is 40.1 Å². The summed E-state index contributed by atoms with van der Waals surface area (Å²) in [6.45, 7) is 3.20. The van der Waals surface area contributed by atoms with Crippen LogP contribution in [-0.2, 0) is 24.8 Å². The minimum atomic E-state index is -0.784. The molecule has 3 rings (SSSR count). The molecule has 11 nitrogen and oxygen atoms in total. The zero-order chi connectivity index (χ0) is 23.8. The number of carbonyl (C=O) groups excluding carboxylic acids is 3. The highest BCUT2D eigenvalue weighted by molar-refractivity contribution is 7.99. The van der Waals surface area contributed by atoms with E-state index in [1.165, 1.54) is 11.8 Å². The highest BCUT2D eigenvalue weighted by Crippen LogP contribution is 2.29. The highest BCUT2D eigenvalue weighted by Gasteiger charge is 2.34. The van der Waals surface area contributed by atoms with Gasteiger partial charge in [-0.2, -0.15) is 4.98 Å². The van der Waals surface area contributed by atoms with E-state index in [-0.39, 0.29) is 30.2 Å². The zero-order valence-electron chi connectivity index (χ0n) is 18.4. The van der Waals surface area contributed by atoms with Gasteiger partial charge in [-0.05, 0) is 24.6 Å². The number of benzene rings is 1. The number of nitrogens with one attached hydrogen (secondary N) is 2. The Morgan fingerprint density at radius 1 is 1.21 bits per heavy atom. The normalized spacial score (nSPS) is 15.5. The van der Waals surface area contributed by atoms with Gasteiger partial charge in [0, 0.05) is 6.92 Å². The van der Waals surface area contributed by atoms with Gasteiger partial charge in [-0.3, -0.25) is 4.79 Å². The third kappa shape index (κ3) is 6.48. The molecule has 2 N–H and O–H groups in total. The minimum Gasteiger partial charge on any atom is -0.497 e. The van der Waals surface area contributed by atoms with E-state index < -0.39 is 24.0 Å². The molecule has 0 fully saturated rings. The largest absolute Gasteiger partial charge is 0.497 e. The number of urea groups is 1. The van der Waals surface area contributed by atoms with E-state index in [1.54, 1.807) is 45.2 Å². The van der Waals surface area contributed by atoms with E-state index in [4.69, 9.17) is 18.7 Å². The number of rotatable bonds is 10. The van der Waals surface area contributed by atoms with Crippen LogP contribution in [0.3, 0.4) is 0 Å². The molecule has 1 aliphatic heterocycles. The van der Waals surface area contributed by atoms with Crippen molar-refractivity contribution in [2.45, 2.75) is 25.6 Å². The topological polar surface area (TPSA) is 142 Å². The van der Waals surface area contributed by atoms with Crippen LogP contribution in [0.25, 0.3) is 0 Å². The summed E-state index contributed by atoms with van der Waals surface area (Å²) in [5.74, 6) is 0.810. The van der Waals surface area contributed by atoms with Crippen molar-refractivity contribution in [1.82, 2.24) is 20.8 Å². The highest BCUT2D eigenvalue weighted by atomic mass is 32.2. The van der Waals surface area contributed by atoms with Gasteiger partial charge in [0.2, 0.25) is 5.89 Å². The monoisotopic (exact) mass is 476 g/mol. The molecule has 0 radical (unpaired) electrons. The molecule has 1 aromatic carbocycles. The first-order valence-corrected chi connectivity index (χ1v) is 11.2. The molecular formula is C21H24N4O7S. The molecule has 1 atom stereocenters. The molecule has 2 amide bonds. The van der Waals surface area contributed by atoms with Crippen molar-refractivity contribution in [1.29, 1.82) is 0 Å². The van der Waals surface area contributed by atoms with Crippen molar-refractivity contribution in [2.24, 2.45) is 0 Å².